The fourth-order valence-electron chi connectivity index (χ4n) is 4.13. The van der Waals surface area contributed by atoms with E-state index in [9.17, 15) is 14.7 Å². The van der Waals surface area contributed by atoms with E-state index in [1.807, 2.05) is 41.9 Å². The average molecular weight is 449 g/mol. The number of H-pyrrole nitrogens is 1. The number of aromatic amines is 1. The van der Waals surface area contributed by atoms with Crippen LogP contribution >= 0.6 is 11.3 Å². The molecule has 0 fully saturated rings. The van der Waals surface area contributed by atoms with Gasteiger partial charge in [0.2, 0.25) is 5.78 Å². The number of hydrogen-bond acceptors (Lipinski definition) is 6. The van der Waals surface area contributed by atoms with Crippen LogP contribution in [0.4, 0.5) is 0 Å². The second-order valence-electron chi connectivity index (χ2n) is 7.46. The largest absolute Gasteiger partial charge is 0.503 e. The van der Waals surface area contributed by atoms with Gasteiger partial charge in [0.1, 0.15) is 5.75 Å². The minimum Gasteiger partial charge on any atom is -0.503 e. The van der Waals surface area contributed by atoms with E-state index in [0.29, 0.717) is 13.0 Å². The van der Waals surface area contributed by atoms with Gasteiger partial charge in [-0.1, -0.05) is 6.07 Å². The van der Waals surface area contributed by atoms with Crippen molar-refractivity contribution in [3.05, 3.63) is 87.8 Å². The smallest absolute Gasteiger partial charge is 0.290 e. The van der Waals surface area contributed by atoms with Crippen molar-refractivity contribution in [3.8, 4) is 5.75 Å². The zero-order valence-electron chi connectivity index (χ0n) is 17.2. The summed E-state index contributed by atoms with van der Waals surface area (Å²) in [4.78, 5) is 31.7. The van der Waals surface area contributed by atoms with Crippen molar-refractivity contribution >= 4 is 33.9 Å². The number of aliphatic hydroxyl groups is 1. The van der Waals surface area contributed by atoms with Crippen LogP contribution in [0.3, 0.4) is 0 Å². The van der Waals surface area contributed by atoms with Gasteiger partial charge in [-0.25, -0.2) is 0 Å². The van der Waals surface area contributed by atoms with Crippen molar-refractivity contribution in [3.63, 3.8) is 0 Å². The second kappa shape index (κ2) is 8.05. The zero-order chi connectivity index (χ0) is 22.2. The van der Waals surface area contributed by atoms with Crippen LogP contribution in [0.5, 0.6) is 5.75 Å². The van der Waals surface area contributed by atoms with Crippen LogP contribution in [-0.2, 0) is 11.2 Å². The molecule has 7 nitrogen and oxygen atoms in total. The lowest BCUT2D eigenvalue weighted by atomic mass is 10.00. The van der Waals surface area contributed by atoms with Crippen LogP contribution in [0.15, 0.2) is 76.1 Å². The molecule has 8 heteroatoms. The Hall–Kier alpha value is -3.78. The van der Waals surface area contributed by atoms with Crippen molar-refractivity contribution in [2.75, 3.05) is 13.7 Å². The molecule has 1 aliphatic heterocycles. The fraction of sp³-hybridized carbons (Fsp3) is 0.167. The molecule has 1 aliphatic rings. The molecule has 0 saturated carbocycles. The summed E-state index contributed by atoms with van der Waals surface area (Å²) < 4.78 is 10.6. The predicted octanol–water partition coefficient (Wildman–Crippen LogP) is 4.65. The molecule has 0 saturated heterocycles. The number of ketones is 1. The highest BCUT2D eigenvalue weighted by Crippen LogP contribution is 2.41. The van der Waals surface area contributed by atoms with E-state index in [2.05, 4.69) is 4.98 Å². The van der Waals surface area contributed by atoms with E-state index in [0.717, 1.165) is 27.1 Å². The number of aliphatic hydroxyl groups excluding tert-OH is 1. The Balaban J connectivity index is 1.47. The Morgan fingerprint density at radius 1 is 1.28 bits per heavy atom. The van der Waals surface area contributed by atoms with Gasteiger partial charge in [-0.15, -0.1) is 11.3 Å². The Kier molecular flexibility index (Phi) is 5.07. The lowest BCUT2D eigenvalue weighted by Crippen LogP contribution is -2.32. The number of carbonyl (C=O) groups excluding carboxylic acids is 2. The maximum absolute atomic E-state index is 13.1. The van der Waals surface area contributed by atoms with Crippen molar-refractivity contribution in [1.29, 1.82) is 0 Å². The molecule has 162 valence electrons. The standard InChI is InChI=1S/C24H20N2O5S/c1-30-15-6-7-17-16(12-15)14(13-25-17)8-9-26-21(19-5-3-11-32-19)20(23(28)24(26)29)22(27)18-4-2-10-31-18/h2-7,10-13,21,25,28H,8-9H2,1H3. The van der Waals surface area contributed by atoms with Gasteiger partial charge in [0.05, 0.1) is 25.0 Å². The van der Waals surface area contributed by atoms with Gasteiger partial charge in [-0.05, 0) is 53.8 Å². The van der Waals surface area contributed by atoms with Crippen LogP contribution < -0.4 is 4.74 Å². The summed E-state index contributed by atoms with van der Waals surface area (Å²) in [5.74, 6) is -0.733. The molecule has 0 bridgehead atoms. The van der Waals surface area contributed by atoms with Gasteiger partial charge < -0.3 is 24.1 Å². The third-order valence-corrected chi connectivity index (χ3v) is 6.63. The molecular weight excluding hydrogens is 428 g/mol. The Bertz CT molecular complexity index is 1320. The highest BCUT2D eigenvalue weighted by molar-refractivity contribution is 7.10. The van der Waals surface area contributed by atoms with Gasteiger partial charge in [0, 0.05) is 28.5 Å². The third-order valence-electron chi connectivity index (χ3n) is 5.70. The van der Waals surface area contributed by atoms with Crippen molar-refractivity contribution < 1.29 is 23.8 Å². The number of thiophene rings is 1. The number of Topliss-reactive ketones (excluding diaryl/α,β-unsaturated/α-hetero) is 1. The summed E-state index contributed by atoms with van der Waals surface area (Å²) in [7, 11) is 1.62. The number of rotatable bonds is 7. The second-order valence-corrected chi connectivity index (χ2v) is 8.44. The van der Waals surface area contributed by atoms with Crippen molar-refractivity contribution in [2.45, 2.75) is 12.5 Å². The molecule has 3 aromatic heterocycles. The lowest BCUT2D eigenvalue weighted by molar-refractivity contribution is -0.129. The number of nitrogens with one attached hydrogen (secondary N) is 1. The molecule has 5 rings (SSSR count). The van der Waals surface area contributed by atoms with Crippen LogP contribution in [0.25, 0.3) is 10.9 Å². The van der Waals surface area contributed by atoms with E-state index in [1.165, 1.54) is 23.7 Å². The topological polar surface area (TPSA) is 95.8 Å². The summed E-state index contributed by atoms with van der Waals surface area (Å²) in [6.07, 6.45) is 3.84. The van der Waals surface area contributed by atoms with E-state index in [4.69, 9.17) is 9.15 Å². The Morgan fingerprint density at radius 2 is 2.16 bits per heavy atom. The van der Waals surface area contributed by atoms with E-state index < -0.39 is 23.5 Å². The molecule has 0 spiro atoms. The molecule has 1 atom stereocenters. The molecule has 0 radical (unpaired) electrons. The number of benzene rings is 1. The third kappa shape index (κ3) is 3.29. The number of amides is 1. The highest BCUT2D eigenvalue weighted by Gasteiger charge is 2.44. The van der Waals surface area contributed by atoms with Crippen LogP contribution in [-0.4, -0.2) is 40.3 Å². The number of ether oxygens (including phenoxy) is 1. The number of methoxy groups -OCH3 is 1. The SMILES string of the molecule is COc1ccc2[nH]cc(CCN3C(=O)C(O)=C(C(=O)c4ccco4)C3c3cccs3)c2c1. The van der Waals surface area contributed by atoms with Gasteiger partial charge >= 0.3 is 0 Å². The first-order valence-corrected chi connectivity index (χ1v) is 11.0. The summed E-state index contributed by atoms with van der Waals surface area (Å²) in [5, 5.41) is 13.6. The predicted molar refractivity (Wildman–Crippen MR) is 120 cm³/mol. The number of fused-ring (bicyclic) bond motifs is 1. The van der Waals surface area contributed by atoms with Crippen LogP contribution in [0, 0.1) is 0 Å². The maximum atomic E-state index is 13.1. The average Bonchev–Trinajstić information content (AvgIpc) is 3.60. The normalized spacial score (nSPS) is 16.3. The minimum atomic E-state index is -0.667. The first-order valence-electron chi connectivity index (χ1n) is 10.1. The fourth-order valence-corrected chi connectivity index (χ4v) is 4.98. The molecule has 4 heterocycles. The number of carbonyl (C=O) groups is 2. The first-order chi connectivity index (χ1) is 15.6. The van der Waals surface area contributed by atoms with E-state index in [1.54, 1.807) is 18.1 Å². The summed E-state index contributed by atoms with van der Waals surface area (Å²) >= 11 is 1.43. The molecule has 2 N–H and O–H groups in total. The zero-order valence-corrected chi connectivity index (χ0v) is 18.0. The van der Waals surface area contributed by atoms with Crippen molar-refractivity contribution in [2.24, 2.45) is 0 Å². The first kappa shape index (κ1) is 20.1. The Labute approximate surface area is 187 Å². The van der Waals surface area contributed by atoms with Gasteiger partial charge in [0.25, 0.3) is 5.91 Å². The number of hydrogen-bond donors (Lipinski definition) is 2. The number of furan rings is 1. The molecule has 1 amide bonds. The van der Waals surface area contributed by atoms with Gasteiger partial charge in [0.15, 0.2) is 11.5 Å². The minimum absolute atomic E-state index is 0.0491. The molecule has 4 aromatic rings. The monoisotopic (exact) mass is 448 g/mol. The quantitative estimate of drug-likeness (QED) is 0.401. The van der Waals surface area contributed by atoms with Crippen molar-refractivity contribution in [1.82, 2.24) is 9.88 Å². The lowest BCUT2D eigenvalue weighted by Gasteiger charge is -2.25. The number of aromatic nitrogens is 1. The van der Waals surface area contributed by atoms with Crippen LogP contribution in [0.2, 0.25) is 0 Å². The Morgan fingerprint density at radius 3 is 2.88 bits per heavy atom. The summed E-state index contributed by atoms with van der Waals surface area (Å²) in [6, 6.07) is 12.0. The van der Waals surface area contributed by atoms with Crippen LogP contribution in [0.1, 0.15) is 27.0 Å². The molecule has 1 aromatic carbocycles. The van der Waals surface area contributed by atoms with Gasteiger partial charge in [-0.2, -0.15) is 0 Å². The molecule has 0 aliphatic carbocycles. The summed E-state index contributed by atoms with van der Waals surface area (Å²) in [6.45, 7) is 0.324. The van der Waals surface area contributed by atoms with Gasteiger partial charge in [-0.3, -0.25) is 9.59 Å². The van der Waals surface area contributed by atoms with E-state index >= 15 is 0 Å². The molecular formula is C24H20N2O5S. The van der Waals surface area contributed by atoms with E-state index in [-0.39, 0.29) is 11.3 Å². The summed E-state index contributed by atoms with van der Waals surface area (Å²) in [5.41, 5.74) is 2.04. The molecule has 1 unspecified atom stereocenters. The highest BCUT2D eigenvalue weighted by atomic mass is 32.1. The molecule has 32 heavy (non-hydrogen) atoms. The maximum Gasteiger partial charge on any atom is 0.290 e. The number of nitrogens with zero attached hydrogens (tertiary/aromatic N) is 1.